The predicted molar refractivity (Wildman–Crippen MR) is 115 cm³/mol. The first-order chi connectivity index (χ1) is 14.0. The van der Waals surface area contributed by atoms with E-state index in [1.807, 2.05) is 0 Å². The van der Waals surface area contributed by atoms with Gasteiger partial charge in [-0.25, -0.2) is 4.79 Å². The molecule has 0 radical (unpaired) electrons. The lowest BCUT2D eigenvalue weighted by molar-refractivity contribution is 0.0983. The van der Waals surface area contributed by atoms with E-state index in [0.29, 0.717) is 43.7 Å². The van der Waals surface area contributed by atoms with Crippen LogP contribution in [0.25, 0.3) is 0 Å². The molecule has 29 heavy (non-hydrogen) atoms. The second kappa shape index (κ2) is 10.1. The summed E-state index contributed by atoms with van der Waals surface area (Å²) in [5.74, 6) is 0. The van der Waals surface area contributed by atoms with Crippen molar-refractivity contribution in [3.63, 3.8) is 0 Å². The highest BCUT2D eigenvalue weighted by molar-refractivity contribution is 5.74. The van der Waals surface area contributed by atoms with Gasteiger partial charge in [0.15, 0.2) is 0 Å². The number of amides is 1. The molecule has 2 aliphatic rings. The maximum atomic E-state index is 12.1. The third-order valence-electron chi connectivity index (χ3n) is 6.20. The van der Waals surface area contributed by atoms with Gasteiger partial charge in [-0.3, -0.25) is 14.5 Å². The van der Waals surface area contributed by atoms with Crippen molar-refractivity contribution in [2.75, 3.05) is 50.0 Å². The Kier molecular flexibility index (Phi) is 7.52. The van der Waals surface area contributed by atoms with Gasteiger partial charge in [0.05, 0.1) is 6.61 Å². The van der Waals surface area contributed by atoms with Gasteiger partial charge < -0.3 is 20.3 Å². The highest BCUT2D eigenvalue weighted by Crippen LogP contribution is 2.22. The summed E-state index contributed by atoms with van der Waals surface area (Å²) in [6.45, 7) is 8.21. The summed E-state index contributed by atoms with van der Waals surface area (Å²) >= 11 is 0. The second-order valence-electron chi connectivity index (χ2n) is 8.03. The van der Waals surface area contributed by atoms with Crippen LogP contribution in [0.15, 0.2) is 9.59 Å². The molecule has 1 aromatic rings. The van der Waals surface area contributed by atoms with Crippen molar-refractivity contribution in [2.24, 2.45) is 0 Å². The fourth-order valence-corrected chi connectivity index (χ4v) is 4.46. The Morgan fingerprint density at radius 1 is 1.03 bits per heavy atom. The van der Waals surface area contributed by atoms with Gasteiger partial charge in [-0.1, -0.05) is 13.3 Å². The number of carbonyl (C=O) groups excluding carboxylic acids is 1. The topological polar surface area (TPSA) is 91.0 Å². The molecule has 2 fully saturated rings. The molecule has 2 N–H and O–H groups in total. The first-order valence-corrected chi connectivity index (χ1v) is 11.0. The Bertz CT molecular complexity index is 750. The third kappa shape index (κ3) is 5.10. The minimum Gasteiger partial charge on any atom is -0.450 e. The van der Waals surface area contributed by atoms with E-state index in [9.17, 15) is 14.4 Å². The Balaban J connectivity index is 1.48. The van der Waals surface area contributed by atoms with Crippen LogP contribution in [0.3, 0.4) is 0 Å². The molecule has 2 aliphatic heterocycles. The van der Waals surface area contributed by atoms with Crippen molar-refractivity contribution in [2.45, 2.75) is 64.5 Å². The van der Waals surface area contributed by atoms with Crippen LogP contribution in [0, 0.1) is 0 Å². The van der Waals surface area contributed by atoms with E-state index in [4.69, 9.17) is 4.74 Å². The maximum Gasteiger partial charge on any atom is 0.409 e. The summed E-state index contributed by atoms with van der Waals surface area (Å²) < 4.78 is 5.03. The highest BCUT2D eigenvalue weighted by Gasteiger charge is 2.28. The van der Waals surface area contributed by atoms with E-state index in [1.165, 1.54) is 19.3 Å². The van der Waals surface area contributed by atoms with E-state index in [2.05, 4.69) is 22.5 Å². The minimum absolute atomic E-state index is 0.0797. The Labute approximate surface area is 172 Å². The molecule has 8 nitrogen and oxygen atoms in total. The Morgan fingerprint density at radius 2 is 1.76 bits per heavy atom. The molecule has 0 aliphatic carbocycles. The van der Waals surface area contributed by atoms with Crippen molar-refractivity contribution < 1.29 is 9.53 Å². The van der Waals surface area contributed by atoms with Crippen molar-refractivity contribution in [1.82, 2.24) is 9.80 Å². The number of anilines is 2. The minimum atomic E-state index is -0.440. The number of rotatable bonds is 8. The second-order valence-corrected chi connectivity index (χ2v) is 8.03. The lowest BCUT2D eigenvalue weighted by Crippen LogP contribution is -2.46. The Hall–Kier alpha value is -2.09. The summed E-state index contributed by atoms with van der Waals surface area (Å²) in [6.07, 6.45) is 6.08. The van der Waals surface area contributed by atoms with E-state index < -0.39 is 10.9 Å². The van der Waals surface area contributed by atoms with Gasteiger partial charge in [-0.2, -0.15) is 0 Å². The van der Waals surface area contributed by atoms with Gasteiger partial charge in [0, 0.05) is 38.3 Å². The molecule has 2 heterocycles. The molecule has 8 heteroatoms. The smallest absolute Gasteiger partial charge is 0.409 e. The van der Waals surface area contributed by atoms with Gasteiger partial charge >= 0.3 is 6.09 Å². The largest absolute Gasteiger partial charge is 0.450 e. The number of hydrogen-bond donors (Lipinski definition) is 2. The van der Waals surface area contributed by atoms with Crippen molar-refractivity contribution in [3.8, 4) is 0 Å². The van der Waals surface area contributed by atoms with Gasteiger partial charge in [0.1, 0.15) is 11.4 Å². The van der Waals surface area contributed by atoms with Crippen LogP contribution in [-0.4, -0.2) is 67.3 Å². The molecule has 2 saturated heterocycles. The highest BCUT2D eigenvalue weighted by atomic mass is 16.6. The van der Waals surface area contributed by atoms with E-state index >= 15 is 0 Å². The molecule has 0 bridgehead atoms. The van der Waals surface area contributed by atoms with Crippen LogP contribution < -0.4 is 21.5 Å². The van der Waals surface area contributed by atoms with E-state index in [-0.39, 0.29) is 12.1 Å². The van der Waals surface area contributed by atoms with Crippen LogP contribution in [0.2, 0.25) is 0 Å². The summed E-state index contributed by atoms with van der Waals surface area (Å²) in [5, 5.41) is 6.44. The zero-order chi connectivity index (χ0) is 20.8. The number of piperidine rings is 2. The molecule has 0 spiro atoms. The summed E-state index contributed by atoms with van der Waals surface area (Å²) in [5.41, 5.74) is -0.0324. The Morgan fingerprint density at radius 3 is 2.45 bits per heavy atom. The predicted octanol–water partition coefficient (Wildman–Crippen LogP) is 1.99. The average molecular weight is 407 g/mol. The van der Waals surface area contributed by atoms with Crippen LogP contribution in [0.5, 0.6) is 0 Å². The fraction of sp³-hybridized carbons (Fsp3) is 0.762. The van der Waals surface area contributed by atoms with Crippen molar-refractivity contribution in [3.05, 3.63) is 20.4 Å². The van der Waals surface area contributed by atoms with E-state index in [0.717, 1.165) is 32.4 Å². The van der Waals surface area contributed by atoms with E-state index in [1.54, 1.807) is 11.8 Å². The molecule has 1 amide bonds. The maximum absolute atomic E-state index is 12.1. The zero-order valence-electron chi connectivity index (χ0n) is 17.7. The van der Waals surface area contributed by atoms with Crippen molar-refractivity contribution >= 4 is 17.5 Å². The average Bonchev–Trinajstić information content (AvgIpc) is 2.76. The molecular formula is C21H34N4O4. The van der Waals surface area contributed by atoms with Crippen LogP contribution in [-0.2, 0) is 4.74 Å². The molecule has 3 rings (SSSR count). The molecule has 162 valence electrons. The fourth-order valence-electron chi connectivity index (χ4n) is 4.46. The summed E-state index contributed by atoms with van der Waals surface area (Å²) in [7, 11) is 0. The summed E-state index contributed by atoms with van der Waals surface area (Å²) in [4.78, 5) is 40.1. The first kappa shape index (κ1) is 21.6. The molecule has 1 aromatic carbocycles. The van der Waals surface area contributed by atoms with Crippen LogP contribution in [0.4, 0.5) is 16.2 Å². The van der Waals surface area contributed by atoms with Gasteiger partial charge in [0.2, 0.25) is 0 Å². The molecule has 1 atom stereocenters. The number of carbonyl (C=O) groups is 1. The lowest BCUT2D eigenvalue weighted by Gasteiger charge is -2.35. The normalized spacial score (nSPS) is 21.3. The van der Waals surface area contributed by atoms with Gasteiger partial charge in [0.25, 0.3) is 10.9 Å². The standard InChI is InChI=1S/C21H34N4O4/c1-3-16-7-5-6-11-24(16)14-10-22-17-18(20(27)19(17)26)23-15-8-12-25(13-9-15)21(28)29-4-2/h15-16,22-23H,3-14H2,1-2H3/t16-/m0/s1. The number of ether oxygens (including phenoxy) is 1. The van der Waals surface area contributed by atoms with Gasteiger partial charge in [-0.15, -0.1) is 0 Å². The first-order valence-electron chi connectivity index (χ1n) is 11.0. The van der Waals surface area contributed by atoms with Crippen LogP contribution >= 0.6 is 0 Å². The number of nitrogens with one attached hydrogen (secondary N) is 2. The lowest BCUT2D eigenvalue weighted by atomic mass is 10.0. The number of nitrogens with zero attached hydrogens (tertiary/aromatic N) is 2. The van der Waals surface area contributed by atoms with Gasteiger partial charge in [-0.05, 0) is 45.6 Å². The SMILES string of the molecule is CCOC(=O)N1CCC(Nc2c(NCCN3CCCC[C@@H]3CC)c(=O)c2=O)CC1. The molecule has 0 saturated carbocycles. The monoisotopic (exact) mass is 406 g/mol. The summed E-state index contributed by atoms with van der Waals surface area (Å²) in [6, 6.07) is 0.705. The molecular weight excluding hydrogens is 372 g/mol. The quantitative estimate of drug-likeness (QED) is 0.638. The molecule has 0 unspecified atom stereocenters. The van der Waals surface area contributed by atoms with Crippen LogP contribution in [0.1, 0.15) is 52.4 Å². The number of likely N-dealkylation sites (tertiary alicyclic amines) is 2. The van der Waals surface area contributed by atoms with Crippen molar-refractivity contribution in [1.29, 1.82) is 0 Å². The molecule has 0 aromatic heterocycles. The third-order valence-corrected chi connectivity index (χ3v) is 6.20. The zero-order valence-corrected chi connectivity index (χ0v) is 17.7. The number of hydrogen-bond acceptors (Lipinski definition) is 7.